The normalized spacial score (nSPS) is 28.7. The van der Waals surface area contributed by atoms with Crippen molar-refractivity contribution in [3.8, 4) is 0 Å². The highest BCUT2D eigenvalue weighted by Gasteiger charge is 2.21. The second-order valence-corrected chi connectivity index (χ2v) is 6.04. The Morgan fingerprint density at radius 1 is 1.32 bits per heavy atom. The van der Waals surface area contributed by atoms with E-state index in [4.69, 9.17) is 4.74 Å². The van der Waals surface area contributed by atoms with E-state index < -0.39 is 0 Å². The second-order valence-electron chi connectivity index (χ2n) is 5.03. The van der Waals surface area contributed by atoms with Crippen LogP contribution in [0.3, 0.4) is 0 Å². The third-order valence-corrected chi connectivity index (χ3v) is 4.64. The highest BCUT2D eigenvalue weighted by Crippen LogP contribution is 2.26. The Bertz CT molecular complexity index is 429. The van der Waals surface area contributed by atoms with Gasteiger partial charge in [0, 0.05) is 18.9 Å². The highest BCUT2D eigenvalue weighted by molar-refractivity contribution is 8.14. The number of rotatable bonds is 4. The topological polar surface area (TPSA) is 33.6 Å². The lowest BCUT2D eigenvalue weighted by atomic mass is 10.1. The zero-order valence-electron chi connectivity index (χ0n) is 11.0. The number of nitrogens with one attached hydrogen (secondary N) is 1. The molecule has 0 bridgehead atoms. The summed E-state index contributed by atoms with van der Waals surface area (Å²) in [6.07, 6.45) is 3.92. The van der Waals surface area contributed by atoms with Crippen LogP contribution in [0.2, 0.25) is 0 Å². The molecule has 0 spiro atoms. The number of ether oxygens (including phenoxy) is 1. The average Bonchev–Trinajstić information content (AvgIpc) is 3.11. The van der Waals surface area contributed by atoms with Gasteiger partial charge in [-0.3, -0.25) is 4.99 Å². The number of hydrogen-bond acceptors (Lipinski definition) is 3. The fourth-order valence-electron chi connectivity index (χ4n) is 2.53. The molecule has 102 valence electrons. The molecule has 2 fully saturated rings. The largest absolute Gasteiger partial charge is 0.378 e. The van der Waals surface area contributed by atoms with Crippen LogP contribution in [-0.2, 0) is 4.74 Å². The lowest BCUT2D eigenvalue weighted by molar-refractivity contribution is 0.106. The van der Waals surface area contributed by atoms with Gasteiger partial charge in [0.2, 0.25) is 0 Å². The van der Waals surface area contributed by atoms with Crippen molar-refractivity contribution in [2.24, 2.45) is 4.99 Å². The molecule has 1 aromatic carbocycles. The molecule has 3 rings (SSSR count). The minimum absolute atomic E-state index is 0.410. The van der Waals surface area contributed by atoms with Crippen molar-refractivity contribution in [2.75, 3.05) is 18.9 Å². The fraction of sp³-hybridized carbons (Fsp3) is 0.533. The maximum Gasteiger partial charge on any atom is 0.157 e. The Kier molecular flexibility index (Phi) is 4.41. The van der Waals surface area contributed by atoms with Gasteiger partial charge in [-0.05, 0) is 24.8 Å². The number of thioether (sulfide) groups is 1. The van der Waals surface area contributed by atoms with E-state index in [2.05, 4.69) is 40.6 Å². The van der Waals surface area contributed by atoms with Crippen LogP contribution in [0.25, 0.3) is 0 Å². The molecular weight excluding hydrogens is 256 g/mol. The maximum absolute atomic E-state index is 5.61. The molecule has 2 aliphatic rings. The van der Waals surface area contributed by atoms with Crippen molar-refractivity contribution in [1.29, 1.82) is 0 Å². The van der Waals surface area contributed by atoms with Crippen molar-refractivity contribution < 1.29 is 4.74 Å². The summed E-state index contributed by atoms with van der Waals surface area (Å²) in [4.78, 5) is 4.65. The predicted molar refractivity (Wildman–Crippen MR) is 80.7 cm³/mol. The first-order valence-corrected chi connectivity index (χ1v) is 8.01. The Morgan fingerprint density at radius 2 is 2.21 bits per heavy atom. The Labute approximate surface area is 118 Å². The van der Waals surface area contributed by atoms with Crippen LogP contribution in [0.4, 0.5) is 0 Å². The summed E-state index contributed by atoms with van der Waals surface area (Å²) >= 11 is 1.83. The average molecular weight is 276 g/mol. The molecule has 2 aliphatic heterocycles. The van der Waals surface area contributed by atoms with Crippen LogP contribution in [0, 0.1) is 0 Å². The molecule has 2 unspecified atom stereocenters. The van der Waals surface area contributed by atoms with Crippen LogP contribution < -0.4 is 5.32 Å². The zero-order chi connectivity index (χ0) is 12.9. The molecule has 4 heteroatoms. The molecule has 3 nitrogen and oxygen atoms in total. The summed E-state index contributed by atoms with van der Waals surface area (Å²) in [5, 5.41) is 4.59. The van der Waals surface area contributed by atoms with Gasteiger partial charge in [-0.15, -0.1) is 0 Å². The van der Waals surface area contributed by atoms with Crippen LogP contribution in [0.1, 0.15) is 30.9 Å². The van der Waals surface area contributed by atoms with Gasteiger partial charge in [-0.2, -0.15) is 0 Å². The molecule has 0 aromatic heterocycles. The Hall–Kier alpha value is -1.00. The Morgan fingerprint density at radius 3 is 3.00 bits per heavy atom. The van der Waals surface area contributed by atoms with E-state index in [1.807, 2.05) is 11.8 Å². The lowest BCUT2D eigenvalue weighted by Gasteiger charge is -2.10. The quantitative estimate of drug-likeness (QED) is 0.918. The van der Waals surface area contributed by atoms with E-state index in [-0.39, 0.29) is 0 Å². The molecule has 2 saturated heterocycles. The molecule has 0 radical (unpaired) electrons. The van der Waals surface area contributed by atoms with Crippen molar-refractivity contribution in [1.82, 2.24) is 5.32 Å². The molecule has 0 amide bonds. The first-order valence-electron chi connectivity index (χ1n) is 7.02. The number of hydrogen-bond donors (Lipinski definition) is 1. The molecule has 0 aliphatic carbocycles. The van der Waals surface area contributed by atoms with Gasteiger partial charge in [0.05, 0.1) is 12.1 Å². The van der Waals surface area contributed by atoms with E-state index in [1.165, 1.54) is 18.4 Å². The van der Waals surface area contributed by atoms with Crippen molar-refractivity contribution in [3.05, 3.63) is 35.9 Å². The van der Waals surface area contributed by atoms with E-state index >= 15 is 0 Å². The van der Waals surface area contributed by atoms with Gasteiger partial charge in [-0.1, -0.05) is 42.1 Å². The summed E-state index contributed by atoms with van der Waals surface area (Å²) in [6.45, 7) is 1.81. The fourth-order valence-corrected chi connectivity index (χ4v) is 3.54. The van der Waals surface area contributed by atoms with Crippen molar-refractivity contribution >= 4 is 16.9 Å². The molecule has 2 heterocycles. The van der Waals surface area contributed by atoms with Crippen LogP contribution in [0.15, 0.2) is 35.3 Å². The smallest absolute Gasteiger partial charge is 0.157 e. The summed E-state index contributed by atoms with van der Waals surface area (Å²) in [5.41, 5.74) is 1.35. The number of aliphatic imine (C=N–C) groups is 1. The zero-order valence-corrected chi connectivity index (χ0v) is 11.9. The standard InChI is InChI=1S/C15H20N2OS/c1-2-5-12(6-3-1)14-11-19-15(17-14)16-9-8-13-7-4-10-18-13/h1-3,5-6,13-14H,4,7-11H2,(H,16,17). The number of amidine groups is 1. The molecule has 0 saturated carbocycles. The number of nitrogens with zero attached hydrogens (tertiary/aromatic N) is 1. The van der Waals surface area contributed by atoms with E-state index in [0.717, 1.165) is 30.5 Å². The van der Waals surface area contributed by atoms with Gasteiger partial charge < -0.3 is 10.1 Å². The van der Waals surface area contributed by atoms with Gasteiger partial charge >= 0.3 is 0 Å². The van der Waals surface area contributed by atoms with Gasteiger partial charge in [0.15, 0.2) is 5.17 Å². The summed E-state index contributed by atoms with van der Waals surface area (Å²) < 4.78 is 5.61. The third kappa shape index (κ3) is 3.51. The molecule has 1 N–H and O–H groups in total. The van der Waals surface area contributed by atoms with Gasteiger partial charge in [0.1, 0.15) is 0 Å². The highest BCUT2D eigenvalue weighted by atomic mass is 32.2. The Balaban J connectivity index is 1.48. The molecule has 1 aromatic rings. The first kappa shape index (κ1) is 13.0. The minimum atomic E-state index is 0.410. The summed E-state index contributed by atoms with van der Waals surface area (Å²) in [5.74, 6) is 1.07. The van der Waals surface area contributed by atoms with Crippen LogP contribution in [-0.4, -0.2) is 30.2 Å². The van der Waals surface area contributed by atoms with Gasteiger partial charge in [0.25, 0.3) is 0 Å². The van der Waals surface area contributed by atoms with E-state index in [0.29, 0.717) is 12.1 Å². The van der Waals surface area contributed by atoms with Gasteiger partial charge in [-0.25, -0.2) is 0 Å². The third-order valence-electron chi connectivity index (χ3n) is 3.62. The molecule has 2 atom stereocenters. The first-order chi connectivity index (χ1) is 9.42. The van der Waals surface area contributed by atoms with E-state index in [1.54, 1.807) is 0 Å². The molecule has 19 heavy (non-hydrogen) atoms. The monoisotopic (exact) mass is 276 g/mol. The lowest BCUT2D eigenvalue weighted by Crippen LogP contribution is -2.19. The predicted octanol–water partition coefficient (Wildman–Crippen LogP) is 2.99. The van der Waals surface area contributed by atoms with Crippen molar-refractivity contribution in [2.45, 2.75) is 31.4 Å². The SMILES string of the molecule is c1ccc(C2CSC(=NCCC3CCCO3)N2)cc1. The van der Waals surface area contributed by atoms with Crippen LogP contribution in [0.5, 0.6) is 0 Å². The van der Waals surface area contributed by atoms with E-state index in [9.17, 15) is 0 Å². The second kappa shape index (κ2) is 6.44. The summed E-state index contributed by atoms with van der Waals surface area (Å²) in [6, 6.07) is 11.0. The molecular formula is C15H20N2OS. The maximum atomic E-state index is 5.61. The number of benzene rings is 1. The summed E-state index contributed by atoms with van der Waals surface area (Å²) in [7, 11) is 0. The van der Waals surface area contributed by atoms with Crippen LogP contribution >= 0.6 is 11.8 Å². The van der Waals surface area contributed by atoms with Crippen molar-refractivity contribution in [3.63, 3.8) is 0 Å². The minimum Gasteiger partial charge on any atom is -0.378 e.